The fraction of sp³-hybridized carbons (Fsp3) is 0. The third-order valence-corrected chi connectivity index (χ3v) is 2.43. The molecule has 0 spiro atoms. The first-order valence-corrected chi connectivity index (χ1v) is 5.71. The Hall–Kier alpha value is -1.18. The fourth-order valence-electron chi connectivity index (χ4n) is 0.686. The zero-order valence-electron chi connectivity index (χ0n) is 7.05. The van der Waals surface area contributed by atoms with Crippen molar-refractivity contribution in [1.29, 1.82) is 0 Å². The number of hydrogen-bond acceptors (Lipinski definition) is 2. The van der Waals surface area contributed by atoms with Gasteiger partial charge in [-0.1, -0.05) is 18.2 Å². The van der Waals surface area contributed by atoms with E-state index in [-0.39, 0.29) is 0 Å². The molecule has 2 nitrogen and oxygen atoms in total. The molecule has 13 heavy (non-hydrogen) atoms. The zero-order valence-corrected chi connectivity index (χ0v) is 8.76. The third-order valence-electron chi connectivity index (χ3n) is 1.25. The molecule has 0 bridgehead atoms. The zero-order chi connectivity index (χ0) is 9.36. The van der Waals surface area contributed by atoms with Gasteiger partial charge in [-0.3, -0.25) is 0 Å². The Balaban J connectivity index is 0.000000132. The molecule has 3 heteroatoms. The van der Waals surface area contributed by atoms with Crippen LogP contribution in [0.5, 0.6) is 5.75 Å². The van der Waals surface area contributed by atoms with Crippen LogP contribution in [0, 0.1) is 0 Å². The number of hydrogen-bond donors (Lipinski definition) is 2. The van der Waals surface area contributed by atoms with E-state index in [0.29, 0.717) is 20.9 Å². The van der Waals surface area contributed by atoms with Crippen molar-refractivity contribution in [2.45, 2.75) is 0 Å². The van der Waals surface area contributed by atoms with Gasteiger partial charge in [-0.25, -0.2) is 0 Å². The monoisotopic (exact) mass is 241 g/mol. The van der Waals surface area contributed by atoms with E-state index in [9.17, 15) is 0 Å². The Morgan fingerprint density at radius 3 is 2.08 bits per heavy atom. The summed E-state index contributed by atoms with van der Waals surface area (Å²) in [4.78, 5) is 2.13. The first kappa shape index (κ1) is 9.90. The van der Waals surface area contributed by atoms with Gasteiger partial charge in [0.1, 0.15) is 5.75 Å². The van der Waals surface area contributed by atoms with Crippen LogP contribution < -0.4 is 4.33 Å². The van der Waals surface area contributed by atoms with Gasteiger partial charge in [0, 0.05) is 0 Å². The van der Waals surface area contributed by atoms with Crippen LogP contribution in [0.4, 0.5) is 0 Å². The van der Waals surface area contributed by atoms with Gasteiger partial charge in [-0.15, -0.1) is 0 Å². The Morgan fingerprint density at radius 2 is 1.85 bits per heavy atom. The number of aromatic hydroxyl groups is 1. The van der Waals surface area contributed by atoms with Crippen molar-refractivity contribution in [2.75, 3.05) is 0 Å². The molecule has 0 saturated carbocycles. The quantitative estimate of drug-likeness (QED) is 0.675. The van der Waals surface area contributed by atoms with E-state index in [1.807, 2.05) is 18.3 Å². The first-order chi connectivity index (χ1) is 6.39. The summed E-state index contributed by atoms with van der Waals surface area (Å²) in [6, 6.07) is 8.71. The molecule has 0 aliphatic carbocycles. The van der Waals surface area contributed by atoms with E-state index in [4.69, 9.17) is 5.11 Å². The second kappa shape index (κ2) is 6.35. The number of para-hydroxylation sites is 1. The maximum Gasteiger partial charge on any atom is 0.115 e. The van der Waals surface area contributed by atoms with Gasteiger partial charge in [-0.2, -0.15) is 0 Å². The van der Waals surface area contributed by atoms with Gasteiger partial charge in [0.05, 0.1) is 0 Å². The summed E-state index contributed by atoms with van der Waals surface area (Å²) in [5, 5.41) is 8.63. The summed E-state index contributed by atoms with van der Waals surface area (Å²) in [7, 11) is 0. The molecule has 1 aromatic rings. The van der Waals surface area contributed by atoms with Crippen molar-refractivity contribution in [3.05, 3.63) is 53.7 Å². The molecule has 2 rings (SSSR count). The molecule has 1 aromatic carbocycles. The topological polar surface area (TPSA) is 32.3 Å². The van der Waals surface area contributed by atoms with Crippen LogP contribution in [0.1, 0.15) is 0 Å². The number of nitrogens with one attached hydrogen (secondary N) is 1. The van der Waals surface area contributed by atoms with Crippen molar-refractivity contribution < 1.29 is 5.11 Å². The first-order valence-electron chi connectivity index (χ1n) is 3.86. The van der Waals surface area contributed by atoms with Crippen molar-refractivity contribution >= 4 is 15.2 Å². The van der Waals surface area contributed by atoms with Gasteiger partial charge in [-0.05, 0) is 12.1 Å². The standard InChI is InChI=1S/C6H6O.C4H5NSe/c7-6-4-2-1-3-5-6;1-2-4-6-5-3-1/h1-5,7H;1-5H. The molecule has 1 aliphatic heterocycles. The summed E-state index contributed by atoms with van der Waals surface area (Å²) < 4.78 is 3.08. The SMILES string of the molecule is C1=CN[Se]C=C1.Oc1ccccc1. The molecular formula is C10H11NOSe. The molecule has 0 fully saturated rings. The number of rotatable bonds is 0. The minimum Gasteiger partial charge on any atom is -0.508 e. The maximum atomic E-state index is 8.63. The summed E-state index contributed by atoms with van der Waals surface area (Å²) >= 11 is 0.536. The summed E-state index contributed by atoms with van der Waals surface area (Å²) in [5.41, 5.74) is 0. The van der Waals surface area contributed by atoms with Gasteiger partial charge >= 0.3 is 42.8 Å². The molecule has 2 N–H and O–H groups in total. The van der Waals surface area contributed by atoms with Gasteiger partial charge in [0.2, 0.25) is 0 Å². The van der Waals surface area contributed by atoms with Gasteiger partial charge < -0.3 is 5.11 Å². The van der Waals surface area contributed by atoms with Crippen LogP contribution in [0.15, 0.2) is 53.7 Å². The Labute approximate surface area is 84.3 Å². The van der Waals surface area contributed by atoms with Gasteiger partial charge in [0.25, 0.3) is 0 Å². The average molecular weight is 240 g/mol. The smallest absolute Gasteiger partial charge is 0.115 e. The molecule has 0 aromatic heterocycles. The van der Waals surface area contributed by atoms with Crippen molar-refractivity contribution in [1.82, 2.24) is 4.33 Å². The Kier molecular flexibility index (Phi) is 4.84. The predicted octanol–water partition coefficient (Wildman–Crippen LogP) is 1.63. The fourth-order valence-corrected chi connectivity index (χ4v) is 1.54. The largest absolute Gasteiger partial charge is 0.508 e. The van der Waals surface area contributed by atoms with Crippen LogP contribution in [-0.2, 0) is 0 Å². The van der Waals surface area contributed by atoms with Gasteiger partial charge in [0.15, 0.2) is 0 Å². The van der Waals surface area contributed by atoms with Crippen LogP contribution in [-0.4, -0.2) is 20.3 Å². The van der Waals surface area contributed by atoms with E-state index in [1.54, 1.807) is 24.3 Å². The molecule has 0 unspecified atom stereocenters. The molecule has 0 radical (unpaired) electrons. The predicted molar refractivity (Wildman–Crippen MR) is 55.3 cm³/mol. The molecule has 68 valence electrons. The molecule has 0 saturated heterocycles. The van der Waals surface area contributed by atoms with Crippen LogP contribution >= 0.6 is 0 Å². The maximum absolute atomic E-state index is 8.63. The van der Waals surface area contributed by atoms with E-state index in [1.165, 1.54) is 0 Å². The van der Waals surface area contributed by atoms with E-state index >= 15 is 0 Å². The van der Waals surface area contributed by atoms with Crippen LogP contribution in [0.25, 0.3) is 0 Å². The van der Waals surface area contributed by atoms with E-state index in [2.05, 4.69) is 15.4 Å². The Morgan fingerprint density at radius 1 is 1.08 bits per heavy atom. The number of allylic oxidation sites excluding steroid dienone is 2. The minimum absolute atomic E-state index is 0.322. The van der Waals surface area contributed by atoms with E-state index < -0.39 is 0 Å². The Bertz CT molecular complexity index is 270. The minimum atomic E-state index is 0.322. The summed E-state index contributed by atoms with van der Waals surface area (Å²) in [6.45, 7) is 0. The summed E-state index contributed by atoms with van der Waals surface area (Å²) in [6.07, 6.45) is 6.00. The van der Waals surface area contributed by atoms with Crippen LogP contribution in [0.3, 0.4) is 0 Å². The molecule has 0 amide bonds. The number of phenols is 1. The normalized spacial score (nSPS) is 12.6. The second-order valence-electron chi connectivity index (χ2n) is 2.26. The van der Waals surface area contributed by atoms with Crippen molar-refractivity contribution in [3.8, 4) is 5.75 Å². The second-order valence-corrected chi connectivity index (χ2v) is 3.82. The molecular weight excluding hydrogens is 229 g/mol. The van der Waals surface area contributed by atoms with E-state index in [0.717, 1.165) is 0 Å². The third kappa shape index (κ3) is 5.12. The average Bonchev–Trinajstić information content (AvgIpc) is 2.22. The van der Waals surface area contributed by atoms with Crippen LogP contribution in [0.2, 0.25) is 0 Å². The molecule has 0 atom stereocenters. The summed E-state index contributed by atoms with van der Waals surface area (Å²) in [5.74, 6) is 0.322. The van der Waals surface area contributed by atoms with Crippen molar-refractivity contribution in [2.24, 2.45) is 0 Å². The molecule has 1 heterocycles. The number of phenolic OH excluding ortho intramolecular Hbond substituents is 1. The number of benzene rings is 1. The van der Waals surface area contributed by atoms with Crippen molar-refractivity contribution in [3.63, 3.8) is 0 Å². The molecule has 1 aliphatic rings.